The summed E-state index contributed by atoms with van der Waals surface area (Å²) in [6.45, 7) is 4.00. The Morgan fingerprint density at radius 3 is 1.43 bits per heavy atom. The number of carbonyl (C=O) groups excluding carboxylic acids is 2. The summed E-state index contributed by atoms with van der Waals surface area (Å²) < 4.78 is 0. The van der Waals surface area contributed by atoms with Crippen LogP contribution in [0.2, 0.25) is 0 Å². The molecule has 0 aliphatic carbocycles. The molecule has 150 valence electrons. The molecule has 1 heterocycles. The third kappa shape index (κ3) is 4.73. The number of hydrogen-bond acceptors (Lipinski definition) is 4. The number of carbonyl (C=O) groups is 2. The van der Waals surface area contributed by atoms with E-state index in [1.54, 1.807) is 35.6 Å². The Morgan fingerprint density at radius 1 is 0.633 bits per heavy atom. The molecular formula is C26H23NO2S. The van der Waals surface area contributed by atoms with E-state index in [1.165, 1.54) is 10.4 Å². The molecule has 0 atom stereocenters. The SMILES string of the molecule is CC.O=Cc1ccc(N(c2ccc(C=O)cc2)c2ccc(-c3cccs3)cc2)cc1. The molecule has 0 saturated carbocycles. The lowest BCUT2D eigenvalue weighted by Gasteiger charge is -2.25. The lowest BCUT2D eigenvalue weighted by Crippen LogP contribution is -2.10. The monoisotopic (exact) mass is 413 g/mol. The lowest BCUT2D eigenvalue weighted by atomic mass is 10.1. The molecule has 0 bridgehead atoms. The van der Waals surface area contributed by atoms with Gasteiger partial charge >= 0.3 is 0 Å². The highest BCUT2D eigenvalue weighted by molar-refractivity contribution is 7.13. The van der Waals surface area contributed by atoms with Crippen molar-refractivity contribution in [1.82, 2.24) is 0 Å². The molecule has 0 radical (unpaired) electrons. The van der Waals surface area contributed by atoms with Gasteiger partial charge in [0.05, 0.1) is 0 Å². The highest BCUT2D eigenvalue weighted by Gasteiger charge is 2.13. The highest BCUT2D eigenvalue weighted by Crippen LogP contribution is 2.36. The molecule has 0 aliphatic heterocycles. The standard InChI is InChI=1S/C24H17NO2S.C2H6/c26-16-18-3-9-21(10-4-18)25(22-11-5-19(17-27)6-12-22)23-13-7-20(8-14-23)24-2-1-15-28-24;1-2/h1-17H;1-2H3. The van der Waals surface area contributed by atoms with Crippen LogP contribution in [0.5, 0.6) is 0 Å². The summed E-state index contributed by atoms with van der Waals surface area (Å²) in [5.41, 5.74) is 5.31. The number of thiophene rings is 1. The number of rotatable bonds is 6. The Balaban J connectivity index is 0.00000124. The Bertz CT molecular complexity index is 1020. The van der Waals surface area contributed by atoms with E-state index in [-0.39, 0.29) is 0 Å². The Hall–Kier alpha value is -3.50. The van der Waals surface area contributed by atoms with Gasteiger partial charge in [0.1, 0.15) is 12.6 Å². The minimum absolute atomic E-state index is 0.632. The van der Waals surface area contributed by atoms with E-state index in [0.717, 1.165) is 29.6 Å². The van der Waals surface area contributed by atoms with Gasteiger partial charge in [0.15, 0.2) is 0 Å². The zero-order valence-electron chi connectivity index (χ0n) is 17.0. The van der Waals surface area contributed by atoms with E-state index in [1.807, 2.05) is 44.2 Å². The van der Waals surface area contributed by atoms with Gasteiger partial charge in [0.2, 0.25) is 0 Å². The van der Waals surface area contributed by atoms with Gasteiger partial charge in [-0.3, -0.25) is 9.59 Å². The number of anilines is 3. The zero-order valence-corrected chi connectivity index (χ0v) is 17.8. The van der Waals surface area contributed by atoms with Crippen LogP contribution in [0.25, 0.3) is 10.4 Å². The third-order valence-electron chi connectivity index (χ3n) is 4.51. The highest BCUT2D eigenvalue weighted by atomic mass is 32.1. The maximum atomic E-state index is 11.0. The van der Waals surface area contributed by atoms with E-state index in [9.17, 15) is 9.59 Å². The van der Waals surface area contributed by atoms with Crippen LogP contribution >= 0.6 is 11.3 Å². The summed E-state index contributed by atoms with van der Waals surface area (Å²) in [6, 6.07) is 27.4. The first-order chi connectivity index (χ1) is 14.8. The van der Waals surface area contributed by atoms with E-state index in [4.69, 9.17) is 0 Å². The zero-order chi connectivity index (χ0) is 21.3. The van der Waals surface area contributed by atoms with Gasteiger partial charge in [-0.15, -0.1) is 11.3 Å². The minimum Gasteiger partial charge on any atom is -0.311 e. The van der Waals surface area contributed by atoms with Crippen LogP contribution in [-0.4, -0.2) is 12.6 Å². The van der Waals surface area contributed by atoms with Gasteiger partial charge in [0.25, 0.3) is 0 Å². The van der Waals surface area contributed by atoms with Gasteiger partial charge in [-0.2, -0.15) is 0 Å². The van der Waals surface area contributed by atoms with Crippen LogP contribution < -0.4 is 4.90 Å². The summed E-state index contributed by atoms with van der Waals surface area (Å²) in [7, 11) is 0. The van der Waals surface area contributed by atoms with Crippen molar-refractivity contribution >= 4 is 41.0 Å². The molecule has 1 aromatic heterocycles. The van der Waals surface area contributed by atoms with Gasteiger partial charge in [0, 0.05) is 33.1 Å². The van der Waals surface area contributed by atoms with E-state index in [2.05, 4.69) is 40.6 Å². The van der Waals surface area contributed by atoms with Gasteiger partial charge < -0.3 is 4.90 Å². The first-order valence-electron chi connectivity index (χ1n) is 9.83. The van der Waals surface area contributed by atoms with Gasteiger partial charge in [-0.25, -0.2) is 0 Å². The molecule has 30 heavy (non-hydrogen) atoms. The van der Waals surface area contributed by atoms with Crippen molar-refractivity contribution in [3.05, 3.63) is 101 Å². The van der Waals surface area contributed by atoms with Crippen molar-refractivity contribution in [1.29, 1.82) is 0 Å². The fourth-order valence-corrected chi connectivity index (χ4v) is 3.80. The number of aldehydes is 2. The lowest BCUT2D eigenvalue weighted by molar-refractivity contribution is 0.111. The van der Waals surface area contributed by atoms with Crippen LogP contribution in [-0.2, 0) is 0 Å². The molecule has 3 aromatic carbocycles. The van der Waals surface area contributed by atoms with Crippen molar-refractivity contribution in [3.63, 3.8) is 0 Å². The van der Waals surface area contributed by atoms with Crippen molar-refractivity contribution in [2.45, 2.75) is 13.8 Å². The molecule has 0 unspecified atom stereocenters. The first-order valence-corrected chi connectivity index (χ1v) is 10.7. The summed E-state index contributed by atoms with van der Waals surface area (Å²) in [4.78, 5) is 25.3. The largest absolute Gasteiger partial charge is 0.311 e. The predicted octanol–water partition coefficient (Wildman–Crippen LogP) is 7.54. The van der Waals surface area contributed by atoms with Crippen LogP contribution in [0.15, 0.2) is 90.3 Å². The van der Waals surface area contributed by atoms with Crippen molar-refractivity contribution in [2.75, 3.05) is 4.90 Å². The van der Waals surface area contributed by atoms with Crippen LogP contribution in [0, 0.1) is 0 Å². The second-order valence-corrected chi connectivity index (χ2v) is 7.23. The maximum Gasteiger partial charge on any atom is 0.150 e. The normalized spacial score (nSPS) is 9.93. The number of nitrogens with zero attached hydrogens (tertiary/aromatic N) is 1. The summed E-state index contributed by atoms with van der Waals surface area (Å²) >= 11 is 1.71. The Kier molecular flexibility index (Phi) is 7.30. The molecule has 0 spiro atoms. The van der Waals surface area contributed by atoms with Crippen molar-refractivity contribution < 1.29 is 9.59 Å². The quantitative estimate of drug-likeness (QED) is 0.306. The van der Waals surface area contributed by atoms with Crippen LogP contribution in [0.1, 0.15) is 34.6 Å². The average Bonchev–Trinajstić information content (AvgIpc) is 3.37. The number of benzene rings is 3. The minimum atomic E-state index is 0.632. The molecule has 0 amide bonds. The number of hydrogen-bond donors (Lipinski definition) is 0. The summed E-state index contributed by atoms with van der Waals surface area (Å²) in [6.07, 6.45) is 1.67. The topological polar surface area (TPSA) is 37.4 Å². The molecule has 3 nitrogen and oxygen atoms in total. The summed E-state index contributed by atoms with van der Waals surface area (Å²) in [5, 5.41) is 2.07. The van der Waals surface area contributed by atoms with Crippen LogP contribution in [0.3, 0.4) is 0 Å². The second-order valence-electron chi connectivity index (χ2n) is 6.28. The van der Waals surface area contributed by atoms with Gasteiger partial charge in [-0.1, -0.05) is 32.0 Å². The first kappa shape index (κ1) is 21.2. The van der Waals surface area contributed by atoms with E-state index < -0.39 is 0 Å². The molecule has 0 saturated heterocycles. The summed E-state index contributed by atoms with van der Waals surface area (Å²) in [5.74, 6) is 0. The molecule has 0 fully saturated rings. The molecular weight excluding hydrogens is 390 g/mol. The average molecular weight is 414 g/mol. The fourth-order valence-electron chi connectivity index (χ4n) is 3.07. The molecule has 0 N–H and O–H groups in total. The smallest absolute Gasteiger partial charge is 0.150 e. The molecule has 4 heteroatoms. The molecule has 4 rings (SSSR count). The van der Waals surface area contributed by atoms with Gasteiger partial charge in [-0.05, 0) is 77.7 Å². The maximum absolute atomic E-state index is 11.0. The predicted molar refractivity (Wildman–Crippen MR) is 127 cm³/mol. The Morgan fingerprint density at radius 2 is 1.07 bits per heavy atom. The van der Waals surface area contributed by atoms with E-state index in [0.29, 0.717) is 11.1 Å². The van der Waals surface area contributed by atoms with Crippen LogP contribution in [0.4, 0.5) is 17.1 Å². The molecule has 4 aromatic rings. The van der Waals surface area contributed by atoms with Crippen molar-refractivity contribution in [3.8, 4) is 10.4 Å². The van der Waals surface area contributed by atoms with Crippen molar-refractivity contribution in [2.24, 2.45) is 0 Å². The Labute approximate surface area is 181 Å². The second kappa shape index (κ2) is 10.3. The fraction of sp³-hybridized carbons (Fsp3) is 0.0769. The van der Waals surface area contributed by atoms with E-state index >= 15 is 0 Å². The molecule has 0 aliphatic rings. The third-order valence-corrected chi connectivity index (χ3v) is 5.42.